The molecule has 1 N–H and O–H groups in total. The zero-order valence-corrected chi connectivity index (χ0v) is 10.9. The predicted octanol–water partition coefficient (Wildman–Crippen LogP) is 3.98. The van der Waals surface area contributed by atoms with E-state index in [9.17, 15) is 0 Å². The zero-order chi connectivity index (χ0) is 11.1. The number of hydrogen-bond acceptors (Lipinski definition) is 1. The SMILES string of the molecule is CCCNC(CC)C1CCCC(CC)C1. The minimum Gasteiger partial charge on any atom is -0.314 e. The quantitative estimate of drug-likeness (QED) is 0.700. The minimum atomic E-state index is 0.791. The van der Waals surface area contributed by atoms with Crippen molar-refractivity contribution in [2.24, 2.45) is 11.8 Å². The van der Waals surface area contributed by atoms with Gasteiger partial charge >= 0.3 is 0 Å². The summed E-state index contributed by atoms with van der Waals surface area (Å²) in [6, 6.07) is 0.791. The van der Waals surface area contributed by atoms with Crippen molar-refractivity contribution >= 4 is 0 Å². The number of rotatable bonds is 6. The lowest BCUT2D eigenvalue weighted by Crippen LogP contribution is -2.38. The fraction of sp³-hybridized carbons (Fsp3) is 1.00. The second-order valence-electron chi connectivity index (χ2n) is 5.17. The normalized spacial score (nSPS) is 29.0. The van der Waals surface area contributed by atoms with Crippen molar-refractivity contribution < 1.29 is 0 Å². The highest BCUT2D eigenvalue weighted by Gasteiger charge is 2.26. The van der Waals surface area contributed by atoms with Crippen molar-refractivity contribution in [3.05, 3.63) is 0 Å². The van der Waals surface area contributed by atoms with Gasteiger partial charge in [-0.2, -0.15) is 0 Å². The third-order valence-corrected chi connectivity index (χ3v) is 4.07. The van der Waals surface area contributed by atoms with E-state index in [1.54, 1.807) is 0 Å². The average Bonchev–Trinajstić information content (AvgIpc) is 2.30. The maximum absolute atomic E-state index is 3.73. The number of nitrogens with one attached hydrogen (secondary N) is 1. The Morgan fingerprint density at radius 3 is 2.60 bits per heavy atom. The molecule has 0 saturated heterocycles. The molecule has 0 aromatic heterocycles. The third kappa shape index (κ3) is 4.14. The van der Waals surface area contributed by atoms with Gasteiger partial charge in [-0.25, -0.2) is 0 Å². The summed E-state index contributed by atoms with van der Waals surface area (Å²) in [5.41, 5.74) is 0. The lowest BCUT2D eigenvalue weighted by Gasteiger charge is -2.34. The van der Waals surface area contributed by atoms with E-state index in [1.807, 2.05) is 0 Å². The van der Waals surface area contributed by atoms with E-state index in [-0.39, 0.29) is 0 Å². The molecule has 1 fully saturated rings. The topological polar surface area (TPSA) is 12.0 Å². The summed E-state index contributed by atoms with van der Waals surface area (Å²) < 4.78 is 0. The van der Waals surface area contributed by atoms with Crippen LogP contribution in [0.25, 0.3) is 0 Å². The highest BCUT2D eigenvalue weighted by molar-refractivity contribution is 4.81. The van der Waals surface area contributed by atoms with E-state index >= 15 is 0 Å². The van der Waals surface area contributed by atoms with E-state index in [2.05, 4.69) is 26.1 Å². The molecule has 1 nitrogen and oxygen atoms in total. The van der Waals surface area contributed by atoms with Gasteiger partial charge in [-0.3, -0.25) is 0 Å². The maximum atomic E-state index is 3.73. The van der Waals surface area contributed by atoms with Gasteiger partial charge < -0.3 is 5.32 Å². The molecule has 1 heteroatoms. The summed E-state index contributed by atoms with van der Waals surface area (Å²) in [6.07, 6.45) is 9.85. The molecule has 15 heavy (non-hydrogen) atoms. The molecule has 0 spiro atoms. The van der Waals surface area contributed by atoms with Crippen LogP contribution in [0.4, 0.5) is 0 Å². The van der Waals surface area contributed by atoms with E-state index in [4.69, 9.17) is 0 Å². The van der Waals surface area contributed by atoms with Gasteiger partial charge in [-0.15, -0.1) is 0 Å². The van der Waals surface area contributed by atoms with E-state index in [0.717, 1.165) is 17.9 Å². The molecule has 1 saturated carbocycles. The van der Waals surface area contributed by atoms with Gasteiger partial charge in [0.15, 0.2) is 0 Å². The van der Waals surface area contributed by atoms with Crippen molar-refractivity contribution in [2.75, 3.05) is 6.54 Å². The monoisotopic (exact) mass is 211 g/mol. The largest absolute Gasteiger partial charge is 0.314 e. The molecule has 0 aromatic carbocycles. The molecule has 90 valence electrons. The second kappa shape index (κ2) is 7.27. The summed E-state index contributed by atoms with van der Waals surface area (Å²) in [7, 11) is 0. The van der Waals surface area contributed by atoms with Crippen LogP contribution in [0.3, 0.4) is 0 Å². The Labute approximate surface area is 96.0 Å². The summed E-state index contributed by atoms with van der Waals surface area (Å²) in [5.74, 6) is 1.97. The van der Waals surface area contributed by atoms with Gasteiger partial charge in [0.05, 0.1) is 0 Å². The van der Waals surface area contributed by atoms with Crippen molar-refractivity contribution in [1.29, 1.82) is 0 Å². The van der Waals surface area contributed by atoms with Crippen LogP contribution in [0.2, 0.25) is 0 Å². The first-order valence-electron chi connectivity index (χ1n) is 7.05. The zero-order valence-electron chi connectivity index (χ0n) is 10.9. The molecule has 0 heterocycles. The first-order chi connectivity index (χ1) is 7.31. The van der Waals surface area contributed by atoms with E-state index in [0.29, 0.717) is 0 Å². The van der Waals surface area contributed by atoms with Crippen LogP contribution in [0.15, 0.2) is 0 Å². The van der Waals surface area contributed by atoms with Crippen molar-refractivity contribution in [1.82, 2.24) is 5.32 Å². The lowest BCUT2D eigenvalue weighted by atomic mass is 9.76. The fourth-order valence-corrected chi connectivity index (χ4v) is 3.04. The minimum absolute atomic E-state index is 0.791. The highest BCUT2D eigenvalue weighted by atomic mass is 14.9. The van der Waals surface area contributed by atoms with Gasteiger partial charge in [-0.1, -0.05) is 40.0 Å². The first-order valence-corrected chi connectivity index (χ1v) is 7.05. The predicted molar refractivity (Wildman–Crippen MR) is 68.1 cm³/mol. The van der Waals surface area contributed by atoms with Crippen molar-refractivity contribution in [3.8, 4) is 0 Å². The van der Waals surface area contributed by atoms with Crippen LogP contribution in [-0.4, -0.2) is 12.6 Å². The summed E-state index contributed by atoms with van der Waals surface area (Å²) in [6.45, 7) is 8.15. The van der Waals surface area contributed by atoms with Crippen LogP contribution in [0.5, 0.6) is 0 Å². The Balaban J connectivity index is 2.37. The lowest BCUT2D eigenvalue weighted by molar-refractivity contribution is 0.205. The highest BCUT2D eigenvalue weighted by Crippen LogP contribution is 2.33. The Morgan fingerprint density at radius 1 is 1.20 bits per heavy atom. The van der Waals surface area contributed by atoms with Crippen LogP contribution < -0.4 is 5.32 Å². The van der Waals surface area contributed by atoms with E-state index < -0.39 is 0 Å². The maximum Gasteiger partial charge on any atom is 0.00927 e. The molecule has 3 atom stereocenters. The molecule has 3 unspecified atom stereocenters. The van der Waals surface area contributed by atoms with Crippen LogP contribution >= 0.6 is 0 Å². The van der Waals surface area contributed by atoms with Gasteiger partial charge in [0.25, 0.3) is 0 Å². The average molecular weight is 211 g/mol. The third-order valence-electron chi connectivity index (χ3n) is 4.07. The number of hydrogen-bond donors (Lipinski definition) is 1. The summed E-state index contributed by atoms with van der Waals surface area (Å²) in [5, 5.41) is 3.73. The standard InChI is InChI=1S/C14H29N/c1-4-10-15-14(6-3)13-9-7-8-12(5-2)11-13/h12-15H,4-11H2,1-3H3. The van der Waals surface area contributed by atoms with Crippen molar-refractivity contribution in [2.45, 2.75) is 71.8 Å². The van der Waals surface area contributed by atoms with Gasteiger partial charge in [0.2, 0.25) is 0 Å². The van der Waals surface area contributed by atoms with Gasteiger partial charge in [-0.05, 0) is 44.1 Å². The second-order valence-corrected chi connectivity index (χ2v) is 5.17. The molecule has 0 aromatic rings. The molecule has 0 bridgehead atoms. The summed E-state index contributed by atoms with van der Waals surface area (Å²) >= 11 is 0. The molecular weight excluding hydrogens is 182 g/mol. The van der Waals surface area contributed by atoms with Gasteiger partial charge in [0.1, 0.15) is 0 Å². The molecule has 0 amide bonds. The Hall–Kier alpha value is -0.0400. The first kappa shape index (κ1) is 13.0. The Kier molecular flexibility index (Phi) is 6.31. The van der Waals surface area contributed by atoms with Crippen LogP contribution in [-0.2, 0) is 0 Å². The fourth-order valence-electron chi connectivity index (χ4n) is 3.04. The summed E-state index contributed by atoms with van der Waals surface area (Å²) in [4.78, 5) is 0. The van der Waals surface area contributed by atoms with Crippen molar-refractivity contribution in [3.63, 3.8) is 0 Å². The molecule has 1 rings (SSSR count). The van der Waals surface area contributed by atoms with Crippen LogP contribution in [0.1, 0.15) is 65.7 Å². The van der Waals surface area contributed by atoms with Gasteiger partial charge in [0, 0.05) is 6.04 Å². The molecule has 0 radical (unpaired) electrons. The molecule has 1 aliphatic carbocycles. The molecule has 1 aliphatic rings. The molecular formula is C14H29N. The van der Waals surface area contributed by atoms with Crippen LogP contribution in [0, 0.1) is 11.8 Å². The van der Waals surface area contributed by atoms with E-state index in [1.165, 1.54) is 51.5 Å². The Bertz CT molecular complexity index is 155. The molecule has 0 aliphatic heterocycles. The Morgan fingerprint density at radius 2 is 2.00 bits per heavy atom. The smallest absolute Gasteiger partial charge is 0.00927 e.